The van der Waals surface area contributed by atoms with Gasteiger partial charge in [-0.3, -0.25) is 0 Å². The molecule has 0 unspecified atom stereocenters. The fraction of sp³-hybridized carbons (Fsp3) is 0.600. The molecule has 0 atom stereocenters. The Balaban J connectivity index is 2.25. The van der Waals surface area contributed by atoms with E-state index in [1.54, 1.807) is 6.07 Å². The maximum atomic E-state index is 12.4. The van der Waals surface area contributed by atoms with Crippen molar-refractivity contribution in [3.63, 3.8) is 0 Å². The molecule has 1 aromatic rings. The molecule has 5 heteroatoms. The molecule has 20 heavy (non-hydrogen) atoms. The molecule has 112 valence electrons. The molecule has 0 saturated heterocycles. The molecule has 0 amide bonds. The van der Waals surface area contributed by atoms with E-state index in [0.717, 1.165) is 30.4 Å². The van der Waals surface area contributed by atoms with Gasteiger partial charge in [-0.1, -0.05) is 32.9 Å². The van der Waals surface area contributed by atoms with E-state index in [1.807, 2.05) is 19.1 Å². The van der Waals surface area contributed by atoms with Crippen LogP contribution in [0.3, 0.4) is 0 Å². The Morgan fingerprint density at radius 1 is 1.30 bits per heavy atom. The second-order valence-corrected chi connectivity index (χ2v) is 7.41. The third-order valence-corrected chi connectivity index (χ3v) is 5.02. The molecule has 2 rings (SSSR count). The van der Waals surface area contributed by atoms with Crippen LogP contribution in [0.2, 0.25) is 0 Å². The van der Waals surface area contributed by atoms with Gasteiger partial charge in [-0.05, 0) is 36.5 Å². The lowest BCUT2D eigenvalue weighted by Crippen LogP contribution is -2.27. The number of rotatable bonds is 7. The Kier molecular flexibility index (Phi) is 4.83. The Morgan fingerprint density at radius 2 is 2.00 bits per heavy atom. The molecule has 0 bridgehead atoms. The first-order valence-corrected chi connectivity index (χ1v) is 8.78. The van der Waals surface area contributed by atoms with Gasteiger partial charge < -0.3 is 5.32 Å². The zero-order chi connectivity index (χ0) is 14.8. The van der Waals surface area contributed by atoms with E-state index in [9.17, 15) is 8.42 Å². The van der Waals surface area contributed by atoms with Crippen molar-refractivity contribution in [1.82, 2.24) is 10.0 Å². The Morgan fingerprint density at radius 3 is 2.55 bits per heavy atom. The van der Waals surface area contributed by atoms with Crippen LogP contribution in [0, 0.1) is 0 Å². The zero-order valence-electron chi connectivity index (χ0n) is 12.4. The second kappa shape index (κ2) is 6.24. The molecule has 1 aliphatic carbocycles. The van der Waals surface area contributed by atoms with E-state index >= 15 is 0 Å². The summed E-state index contributed by atoms with van der Waals surface area (Å²) in [7, 11) is -3.38. The molecule has 1 aliphatic rings. The third kappa shape index (κ3) is 4.04. The highest BCUT2D eigenvalue weighted by molar-refractivity contribution is 7.89. The van der Waals surface area contributed by atoms with E-state index in [4.69, 9.17) is 0 Å². The fourth-order valence-electron chi connectivity index (χ4n) is 2.06. The lowest BCUT2D eigenvalue weighted by atomic mass is 10.1. The highest BCUT2D eigenvalue weighted by Gasteiger charge is 2.29. The smallest absolute Gasteiger partial charge is 0.241 e. The van der Waals surface area contributed by atoms with Crippen LogP contribution in [0.4, 0.5) is 0 Å². The quantitative estimate of drug-likeness (QED) is 0.811. The summed E-state index contributed by atoms with van der Waals surface area (Å²) in [6, 6.07) is 6.26. The normalized spacial score (nSPS) is 15.8. The number of nitrogens with one attached hydrogen (secondary N) is 2. The van der Waals surface area contributed by atoms with Crippen molar-refractivity contribution in [1.29, 1.82) is 0 Å². The molecule has 0 aliphatic heterocycles. The van der Waals surface area contributed by atoms with E-state index in [2.05, 4.69) is 23.9 Å². The van der Waals surface area contributed by atoms with Gasteiger partial charge in [0.25, 0.3) is 0 Å². The van der Waals surface area contributed by atoms with Gasteiger partial charge in [0.2, 0.25) is 10.0 Å². The molecule has 1 aromatic carbocycles. The van der Waals surface area contributed by atoms with Crippen molar-refractivity contribution in [2.45, 2.75) is 63.6 Å². The molecular formula is C15H24N2O2S. The number of benzene rings is 1. The maximum Gasteiger partial charge on any atom is 0.241 e. The summed E-state index contributed by atoms with van der Waals surface area (Å²) < 4.78 is 27.6. The van der Waals surface area contributed by atoms with Crippen molar-refractivity contribution in [2.75, 3.05) is 0 Å². The molecule has 4 nitrogen and oxygen atoms in total. The first-order valence-electron chi connectivity index (χ1n) is 7.30. The highest BCUT2D eigenvalue weighted by atomic mass is 32.2. The fourth-order valence-corrected chi connectivity index (χ4v) is 3.72. The molecular weight excluding hydrogens is 272 g/mol. The van der Waals surface area contributed by atoms with Gasteiger partial charge in [-0.2, -0.15) is 0 Å². The molecule has 0 radical (unpaired) electrons. The number of hydrogen-bond donors (Lipinski definition) is 2. The lowest BCUT2D eigenvalue weighted by Gasteiger charge is -2.13. The van der Waals surface area contributed by atoms with Gasteiger partial charge >= 0.3 is 0 Å². The van der Waals surface area contributed by atoms with Crippen LogP contribution in [0.25, 0.3) is 0 Å². The third-order valence-electron chi connectivity index (χ3n) is 3.42. The van der Waals surface area contributed by atoms with Crippen LogP contribution in [0.15, 0.2) is 23.1 Å². The minimum absolute atomic E-state index is 0.141. The highest BCUT2D eigenvalue weighted by Crippen LogP contribution is 2.24. The topological polar surface area (TPSA) is 58.2 Å². The van der Waals surface area contributed by atoms with Crippen LogP contribution in [0.1, 0.15) is 44.7 Å². The summed E-state index contributed by atoms with van der Waals surface area (Å²) in [5, 5.41) is 3.32. The largest absolute Gasteiger partial charge is 0.310 e. The van der Waals surface area contributed by atoms with Gasteiger partial charge in [0, 0.05) is 18.6 Å². The Bertz CT molecular complexity index is 563. The molecule has 0 heterocycles. The van der Waals surface area contributed by atoms with Crippen molar-refractivity contribution >= 4 is 10.0 Å². The lowest BCUT2D eigenvalue weighted by molar-refractivity contribution is 0.577. The predicted molar refractivity (Wildman–Crippen MR) is 81.1 cm³/mol. The van der Waals surface area contributed by atoms with Gasteiger partial charge in [0.15, 0.2) is 0 Å². The van der Waals surface area contributed by atoms with Crippen molar-refractivity contribution in [3.8, 4) is 0 Å². The summed E-state index contributed by atoms with van der Waals surface area (Å²) in [5.41, 5.74) is 1.89. The first-order chi connectivity index (χ1) is 9.42. The maximum absolute atomic E-state index is 12.4. The summed E-state index contributed by atoms with van der Waals surface area (Å²) in [6.45, 7) is 6.82. The Labute approximate surface area is 122 Å². The molecule has 0 spiro atoms. The zero-order valence-corrected chi connectivity index (χ0v) is 13.3. The molecule has 2 N–H and O–H groups in total. The van der Waals surface area contributed by atoms with Crippen LogP contribution >= 0.6 is 0 Å². The number of hydrogen-bond acceptors (Lipinski definition) is 3. The Hall–Kier alpha value is -0.910. The summed E-state index contributed by atoms with van der Waals surface area (Å²) in [6.07, 6.45) is 2.63. The number of sulfonamides is 1. The summed E-state index contributed by atoms with van der Waals surface area (Å²) in [5.74, 6) is 0. The van der Waals surface area contributed by atoms with Crippen LogP contribution < -0.4 is 10.0 Å². The monoisotopic (exact) mass is 296 g/mol. The summed E-state index contributed by atoms with van der Waals surface area (Å²) in [4.78, 5) is 0.440. The number of aryl methyl sites for hydroxylation is 1. The van der Waals surface area contributed by atoms with E-state index < -0.39 is 10.0 Å². The minimum Gasteiger partial charge on any atom is -0.310 e. The molecule has 1 fully saturated rings. The van der Waals surface area contributed by atoms with Crippen LogP contribution in [0.5, 0.6) is 0 Å². The van der Waals surface area contributed by atoms with Crippen molar-refractivity contribution < 1.29 is 8.42 Å². The van der Waals surface area contributed by atoms with Gasteiger partial charge in [-0.15, -0.1) is 0 Å². The van der Waals surface area contributed by atoms with E-state index in [-0.39, 0.29) is 6.04 Å². The summed E-state index contributed by atoms with van der Waals surface area (Å²) >= 11 is 0. The van der Waals surface area contributed by atoms with Gasteiger partial charge in [0.05, 0.1) is 4.90 Å². The molecule has 0 aromatic heterocycles. The standard InChI is InChI=1S/C15H24N2O2S/c1-4-13-6-5-12(10-16-11(2)3)9-15(13)20(18,19)17-14-7-8-14/h5-6,9,11,14,16-17H,4,7-8,10H2,1-3H3. The minimum atomic E-state index is -3.38. The average Bonchev–Trinajstić information content (AvgIpc) is 3.19. The first kappa shape index (κ1) is 15.5. The van der Waals surface area contributed by atoms with Gasteiger partial charge in [0.1, 0.15) is 0 Å². The second-order valence-electron chi connectivity index (χ2n) is 5.73. The van der Waals surface area contributed by atoms with Gasteiger partial charge in [-0.25, -0.2) is 13.1 Å². The van der Waals surface area contributed by atoms with Crippen LogP contribution in [-0.4, -0.2) is 20.5 Å². The SMILES string of the molecule is CCc1ccc(CNC(C)C)cc1S(=O)(=O)NC1CC1. The van der Waals surface area contributed by atoms with Crippen molar-refractivity contribution in [2.24, 2.45) is 0 Å². The predicted octanol–water partition coefficient (Wildman–Crippen LogP) is 2.19. The van der Waals surface area contributed by atoms with E-state index in [1.165, 1.54) is 0 Å². The van der Waals surface area contributed by atoms with Crippen molar-refractivity contribution in [3.05, 3.63) is 29.3 Å². The average molecular weight is 296 g/mol. The molecule has 1 saturated carbocycles. The van der Waals surface area contributed by atoms with Crippen LogP contribution in [-0.2, 0) is 23.0 Å². The van der Waals surface area contributed by atoms with E-state index in [0.29, 0.717) is 17.5 Å².